The Balaban J connectivity index is 1.78. The number of hydrogen-bond acceptors (Lipinski definition) is 3. The number of halogens is 2. The molecule has 1 aromatic rings. The number of hydrogen-bond donors (Lipinski definition) is 1. The van der Waals surface area contributed by atoms with Crippen LogP contribution in [-0.2, 0) is 4.74 Å². The molecule has 1 heterocycles. The van der Waals surface area contributed by atoms with Crippen molar-refractivity contribution in [2.75, 3.05) is 33.4 Å². The first kappa shape index (κ1) is 16.3. The van der Waals surface area contributed by atoms with E-state index in [0.29, 0.717) is 17.9 Å². The topological polar surface area (TPSA) is 32.7 Å². The molecule has 1 saturated heterocycles. The van der Waals surface area contributed by atoms with E-state index in [4.69, 9.17) is 4.74 Å². The zero-order valence-electron chi connectivity index (χ0n) is 12.4. The van der Waals surface area contributed by atoms with Gasteiger partial charge in [-0.05, 0) is 56.0 Å². The summed E-state index contributed by atoms with van der Waals surface area (Å²) in [6.45, 7) is 3.51. The fourth-order valence-electron chi connectivity index (χ4n) is 2.85. The van der Waals surface area contributed by atoms with Gasteiger partial charge < -0.3 is 14.7 Å². The Hall–Kier alpha value is -1.04. The molecule has 1 aliphatic rings. The van der Waals surface area contributed by atoms with Gasteiger partial charge in [-0.1, -0.05) is 0 Å². The number of likely N-dealkylation sites (tertiary alicyclic amines) is 1. The molecule has 0 aromatic heterocycles. The van der Waals surface area contributed by atoms with Gasteiger partial charge in [0, 0.05) is 26.3 Å². The van der Waals surface area contributed by atoms with Gasteiger partial charge in [-0.3, -0.25) is 0 Å². The molecule has 118 valence electrons. The van der Waals surface area contributed by atoms with Gasteiger partial charge in [-0.15, -0.1) is 0 Å². The first-order valence-corrected chi connectivity index (χ1v) is 7.44. The average Bonchev–Trinajstić information content (AvgIpc) is 2.45. The highest BCUT2D eigenvalue weighted by Gasteiger charge is 2.20. The number of ether oxygens (including phenoxy) is 1. The SMILES string of the molecule is COCC1CCN(CCC(O)c2cc(F)cc(F)c2)CC1. The maximum absolute atomic E-state index is 13.1. The minimum Gasteiger partial charge on any atom is -0.388 e. The summed E-state index contributed by atoms with van der Waals surface area (Å²) in [5.74, 6) is -0.678. The highest BCUT2D eigenvalue weighted by atomic mass is 19.1. The van der Waals surface area contributed by atoms with Gasteiger partial charge in [0.25, 0.3) is 0 Å². The Bertz CT molecular complexity index is 428. The summed E-state index contributed by atoms with van der Waals surface area (Å²) in [4.78, 5) is 2.28. The molecule has 3 nitrogen and oxygen atoms in total. The Morgan fingerprint density at radius 2 is 1.86 bits per heavy atom. The monoisotopic (exact) mass is 299 g/mol. The first-order chi connectivity index (χ1) is 10.1. The maximum atomic E-state index is 13.1. The summed E-state index contributed by atoms with van der Waals surface area (Å²) in [6.07, 6.45) is 1.85. The molecule has 1 aromatic carbocycles. The Morgan fingerprint density at radius 3 is 2.43 bits per heavy atom. The van der Waals surface area contributed by atoms with Crippen LogP contribution in [0.2, 0.25) is 0 Å². The van der Waals surface area contributed by atoms with Gasteiger partial charge in [-0.2, -0.15) is 0 Å². The summed E-state index contributed by atoms with van der Waals surface area (Å²) >= 11 is 0. The van der Waals surface area contributed by atoms with E-state index in [1.807, 2.05) is 0 Å². The molecule has 0 bridgehead atoms. The average molecular weight is 299 g/mol. The zero-order valence-corrected chi connectivity index (χ0v) is 12.4. The third-order valence-electron chi connectivity index (χ3n) is 4.10. The summed E-state index contributed by atoms with van der Waals surface area (Å²) in [5.41, 5.74) is 0.307. The van der Waals surface area contributed by atoms with Gasteiger partial charge in [0.1, 0.15) is 11.6 Å². The second-order valence-corrected chi connectivity index (χ2v) is 5.75. The lowest BCUT2D eigenvalue weighted by Crippen LogP contribution is -2.36. The van der Waals surface area contributed by atoms with Crippen LogP contribution in [0.15, 0.2) is 18.2 Å². The lowest BCUT2D eigenvalue weighted by molar-refractivity contribution is 0.0868. The van der Waals surface area contributed by atoms with E-state index in [-0.39, 0.29) is 0 Å². The van der Waals surface area contributed by atoms with E-state index in [9.17, 15) is 13.9 Å². The van der Waals surface area contributed by atoms with Crippen molar-refractivity contribution in [1.29, 1.82) is 0 Å². The largest absolute Gasteiger partial charge is 0.388 e. The quantitative estimate of drug-likeness (QED) is 0.877. The number of benzene rings is 1. The van der Waals surface area contributed by atoms with Crippen molar-refractivity contribution in [2.24, 2.45) is 5.92 Å². The van der Waals surface area contributed by atoms with E-state index >= 15 is 0 Å². The Morgan fingerprint density at radius 1 is 1.24 bits per heavy atom. The number of aliphatic hydroxyl groups excluding tert-OH is 1. The molecular weight excluding hydrogens is 276 g/mol. The lowest BCUT2D eigenvalue weighted by Gasteiger charge is -2.32. The van der Waals surface area contributed by atoms with Crippen molar-refractivity contribution in [2.45, 2.75) is 25.4 Å². The van der Waals surface area contributed by atoms with Crippen molar-refractivity contribution in [3.63, 3.8) is 0 Å². The van der Waals surface area contributed by atoms with Crippen molar-refractivity contribution >= 4 is 0 Å². The molecule has 1 atom stereocenters. The first-order valence-electron chi connectivity index (χ1n) is 7.44. The minimum atomic E-state index is -0.827. The molecule has 1 fully saturated rings. The second-order valence-electron chi connectivity index (χ2n) is 5.75. The van der Waals surface area contributed by atoms with E-state index in [1.54, 1.807) is 7.11 Å². The van der Waals surface area contributed by atoms with Crippen molar-refractivity contribution in [1.82, 2.24) is 4.90 Å². The third-order valence-corrected chi connectivity index (χ3v) is 4.10. The predicted molar refractivity (Wildman–Crippen MR) is 77.0 cm³/mol. The summed E-state index contributed by atoms with van der Waals surface area (Å²) in [6, 6.07) is 3.20. The zero-order chi connectivity index (χ0) is 15.2. The molecular formula is C16H23F2NO2. The Kier molecular flexibility index (Phi) is 6.08. The highest BCUT2D eigenvalue weighted by Crippen LogP contribution is 2.22. The highest BCUT2D eigenvalue weighted by molar-refractivity contribution is 5.20. The molecule has 0 amide bonds. The van der Waals surface area contributed by atoms with Crippen LogP contribution in [0.5, 0.6) is 0 Å². The number of rotatable bonds is 6. The molecule has 0 saturated carbocycles. The van der Waals surface area contributed by atoms with E-state index in [0.717, 1.165) is 45.1 Å². The van der Waals surface area contributed by atoms with Crippen LogP contribution in [0.3, 0.4) is 0 Å². The van der Waals surface area contributed by atoms with Crippen molar-refractivity contribution in [3.8, 4) is 0 Å². The van der Waals surface area contributed by atoms with Crippen LogP contribution in [0, 0.1) is 17.6 Å². The third kappa shape index (κ3) is 5.02. The van der Waals surface area contributed by atoms with Gasteiger partial charge in [-0.25, -0.2) is 8.78 Å². The molecule has 0 aliphatic carbocycles. The van der Waals surface area contributed by atoms with Gasteiger partial charge in [0.05, 0.1) is 6.10 Å². The van der Waals surface area contributed by atoms with Crippen molar-refractivity contribution in [3.05, 3.63) is 35.4 Å². The lowest BCUT2D eigenvalue weighted by atomic mass is 9.97. The van der Waals surface area contributed by atoms with Crippen LogP contribution in [-0.4, -0.2) is 43.4 Å². The predicted octanol–water partition coefficient (Wildman–Crippen LogP) is 2.75. The number of nitrogens with zero attached hydrogens (tertiary/aromatic N) is 1. The van der Waals surface area contributed by atoms with Crippen LogP contribution in [0.4, 0.5) is 8.78 Å². The van der Waals surface area contributed by atoms with Gasteiger partial charge in [0.2, 0.25) is 0 Å². The smallest absolute Gasteiger partial charge is 0.126 e. The minimum absolute atomic E-state index is 0.307. The fraction of sp³-hybridized carbons (Fsp3) is 0.625. The van der Waals surface area contributed by atoms with E-state index < -0.39 is 17.7 Å². The van der Waals surface area contributed by atoms with Crippen LogP contribution in [0.25, 0.3) is 0 Å². The Labute approximate surface area is 124 Å². The second kappa shape index (κ2) is 7.82. The van der Waals surface area contributed by atoms with Gasteiger partial charge in [0.15, 0.2) is 0 Å². The molecule has 21 heavy (non-hydrogen) atoms. The number of methoxy groups -OCH3 is 1. The molecule has 0 spiro atoms. The van der Waals surface area contributed by atoms with Gasteiger partial charge >= 0.3 is 0 Å². The van der Waals surface area contributed by atoms with Crippen LogP contribution < -0.4 is 0 Å². The fourth-order valence-corrected chi connectivity index (χ4v) is 2.85. The number of piperidine rings is 1. The molecule has 0 radical (unpaired) electrons. The molecule has 1 aliphatic heterocycles. The molecule has 1 N–H and O–H groups in total. The maximum Gasteiger partial charge on any atom is 0.126 e. The summed E-state index contributed by atoms with van der Waals surface area (Å²) < 4.78 is 31.4. The van der Waals surface area contributed by atoms with E-state index in [1.165, 1.54) is 12.1 Å². The molecule has 5 heteroatoms. The molecule has 1 unspecified atom stereocenters. The van der Waals surface area contributed by atoms with E-state index in [2.05, 4.69) is 4.90 Å². The standard InChI is InChI=1S/C16H23F2NO2/c1-21-11-12-2-5-19(6-3-12)7-4-16(20)13-8-14(17)10-15(18)9-13/h8-10,12,16,20H,2-7,11H2,1H3. The summed E-state index contributed by atoms with van der Waals surface area (Å²) in [7, 11) is 1.72. The normalized spacial score (nSPS) is 18.9. The molecule has 2 rings (SSSR count). The van der Waals surface area contributed by atoms with Crippen molar-refractivity contribution < 1.29 is 18.6 Å². The number of aliphatic hydroxyl groups is 1. The van der Waals surface area contributed by atoms with Crippen LogP contribution in [0.1, 0.15) is 30.9 Å². The van der Waals surface area contributed by atoms with Crippen LogP contribution >= 0.6 is 0 Å². The summed E-state index contributed by atoms with van der Waals surface area (Å²) in [5, 5.41) is 10.1.